The summed E-state index contributed by atoms with van der Waals surface area (Å²) in [6.45, 7) is 12.0. The molecule has 1 aromatic rings. The fourth-order valence-electron chi connectivity index (χ4n) is 2.55. The number of nitrogens with zero attached hydrogens (tertiary/aromatic N) is 3. The summed E-state index contributed by atoms with van der Waals surface area (Å²) < 4.78 is 7.44. The SMILES string of the molecule is Cc1nn(C)c(N2CCOCC2)c1CNCC(C)C. The van der Waals surface area contributed by atoms with Crippen molar-refractivity contribution >= 4 is 5.82 Å². The molecule has 2 rings (SSSR count). The Balaban J connectivity index is 2.11. The summed E-state index contributed by atoms with van der Waals surface area (Å²) in [4.78, 5) is 2.38. The minimum absolute atomic E-state index is 0.670. The van der Waals surface area contributed by atoms with E-state index in [1.807, 2.05) is 11.7 Å². The van der Waals surface area contributed by atoms with Crippen molar-refractivity contribution in [1.29, 1.82) is 0 Å². The van der Waals surface area contributed by atoms with E-state index in [9.17, 15) is 0 Å². The predicted octanol–water partition coefficient (Wildman–Crippen LogP) is 1.31. The molecule has 0 unspecified atom stereocenters. The molecule has 5 heteroatoms. The van der Waals surface area contributed by atoms with Crippen molar-refractivity contribution in [1.82, 2.24) is 15.1 Å². The van der Waals surface area contributed by atoms with E-state index in [0.29, 0.717) is 5.92 Å². The van der Waals surface area contributed by atoms with Gasteiger partial charge in [-0.15, -0.1) is 0 Å². The average molecular weight is 266 g/mol. The summed E-state index contributed by atoms with van der Waals surface area (Å²) >= 11 is 0. The molecule has 0 amide bonds. The van der Waals surface area contributed by atoms with Crippen LogP contribution in [0.15, 0.2) is 0 Å². The van der Waals surface area contributed by atoms with Gasteiger partial charge in [-0.3, -0.25) is 4.68 Å². The normalized spacial score (nSPS) is 16.4. The van der Waals surface area contributed by atoms with E-state index in [1.165, 1.54) is 11.4 Å². The summed E-state index contributed by atoms with van der Waals surface area (Å²) in [5.74, 6) is 1.92. The Kier molecular flexibility index (Phi) is 4.82. The van der Waals surface area contributed by atoms with Gasteiger partial charge in [0.1, 0.15) is 5.82 Å². The maximum absolute atomic E-state index is 5.43. The van der Waals surface area contributed by atoms with Gasteiger partial charge in [-0.25, -0.2) is 0 Å². The summed E-state index contributed by atoms with van der Waals surface area (Å²) in [6.07, 6.45) is 0. The fraction of sp³-hybridized carbons (Fsp3) is 0.786. The highest BCUT2D eigenvalue weighted by molar-refractivity contribution is 5.50. The molecule has 0 aliphatic carbocycles. The first-order valence-corrected chi connectivity index (χ1v) is 7.15. The summed E-state index contributed by atoms with van der Waals surface area (Å²) in [7, 11) is 2.03. The van der Waals surface area contributed by atoms with Crippen LogP contribution in [-0.4, -0.2) is 42.6 Å². The lowest BCUT2D eigenvalue weighted by Gasteiger charge is -2.29. The Morgan fingerprint density at radius 1 is 1.32 bits per heavy atom. The lowest BCUT2D eigenvalue weighted by Crippen LogP contribution is -2.38. The standard InChI is InChI=1S/C14H26N4O/c1-11(2)9-15-10-13-12(3)16-17(4)14(13)18-5-7-19-8-6-18/h11,15H,5-10H2,1-4H3. The zero-order valence-electron chi connectivity index (χ0n) is 12.6. The van der Waals surface area contributed by atoms with Crippen molar-refractivity contribution in [3.63, 3.8) is 0 Å². The quantitative estimate of drug-likeness (QED) is 0.872. The number of rotatable bonds is 5. The van der Waals surface area contributed by atoms with Crippen LogP contribution < -0.4 is 10.2 Å². The van der Waals surface area contributed by atoms with E-state index in [4.69, 9.17) is 4.74 Å². The van der Waals surface area contributed by atoms with Gasteiger partial charge in [-0.2, -0.15) is 5.10 Å². The highest BCUT2D eigenvalue weighted by Gasteiger charge is 2.20. The maximum Gasteiger partial charge on any atom is 0.131 e. The highest BCUT2D eigenvalue weighted by atomic mass is 16.5. The molecule has 0 spiro atoms. The monoisotopic (exact) mass is 266 g/mol. The van der Waals surface area contributed by atoms with Gasteiger partial charge < -0.3 is 15.0 Å². The highest BCUT2D eigenvalue weighted by Crippen LogP contribution is 2.24. The van der Waals surface area contributed by atoms with Crippen molar-refractivity contribution in [3.8, 4) is 0 Å². The van der Waals surface area contributed by atoms with Crippen molar-refractivity contribution in [2.45, 2.75) is 27.3 Å². The topological polar surface area (TPSA) is 42.3 Å². The van der Waals surface area contributed by atoms with Crippen LogP contribution in [-0.2, 0) is 18.3 Å². The first kappa shape index (κ1) is 14.3. The molecule has 0 radical (unpaired) electrons. The van der Waals surface area contributed by atoms with Crippen LogP contribution >= 0.6 is 0 Å². The second kappa shape index (κ2) is 6.39. The minimum Gasteiger partial charge on any atom is -0.378 e. The van der Waals surface area contributed by atoms with Crippen LogP contribution in [0.1, 0.15) is 25.1 Å². The number of aromatic nitrogens is 2. The number of anilines is 1. The van der Waals surface area contributed by atoms with Crippen LogP contribution in [0.2, 0.25) is 0 Å². The van der Waals surface area contributed by atoms with Crippen molar-refractivity contribution in [2.24, 2.45) is 13.0 Å². The fourth-order valence-corrected chi connectivity index (χ4v) is 2.55. The zero-order valence-corrected chi connectivity index (χ0v) is 12.6. The largest absolute Gasteiger partial charge is 0.378 e. The van der Waals surface area contributed by atoms with Gasteiger partial charge >= 0.3 is 0 Å². The van der Waals surface area contributed by atoms with Gasteiger partial charge in [0.15, 0.2) is 0 Å². The molecule has 0 aromatic carbocycles. The van der Waals surface area contributed by atoms with Crippen LogP contribution in [0.25, 0.3) is 0 Å². The number of morpholine rings is 1. The third-order valence-electron chi connectivity index (χ3n) is 3.48. The second-order valence-electron chi connectivity index (χ2n) is 5.64. The Morgan fingerprint density at radius 3 is 2.63 bits per heavy atom. The molecule has 1 aromatic heterocycles. The third kappa shape index (κ3) is 3.48. The first-order valence-electron chi connectivity index (χ1n) is 7.15. The number of hydrogen-bond acceptors (Lipinski definition) is 4. The first-order chi connectivity index (χ1) is 9.09. The zero-order chi connectivity index (χ0) is 13.8. The molecule has 0 atom stereocenters. The van der Waals surface area contributed by atoms with Gasteiger partial charge in [0, 0.05) is 32.2 Å². The summed E-state index contributed by atoms with van der Waals surface area (Å²) in [5.41, 5.74) is 2.45. The molecule has 1 fully saturated rings. The maximum atomic E-state index is 5.43. The van der Waals surface area contributed by atoms with Gasteiger partial charge in [-0.05, 0) is 19.4 Å². The van der Waals surface area contributed by atoms with E-state index >= 15 is 0 Å². The lowest BCUT2D eigenvalue weighted by atomic mass is 10.2. The Morgan fingerprint density at radius 2 is 2.00 bits per heavy atom. The molecular formula is C14H26N4O. The number of hydrogen-bond donors (Lipinski definition) is 1. The van der Waals surface area contributed by atoms with Gasteiger partial charge in [-0.1, -0.05) is 13.8 Å². The number of nitrogens with one attached hydrogen (secondary N) is 1. The Hall–Kier alpha value is -1.07. The Labute approximate surface area is 115 Å². The molecule has 5 nitrogen and oxygen atoms in total. The molecule has 19 heavy (non-hydrogen) atoms. The molecule has 1 saturated heterocycles. The average Bonchev–Trinajstić information content (AvgIpc) is 2.65. The molecule has 1 aliphatic heterocycles. The molecule has 0 saturated carbocycles. The molecule has 0 bridgehead atoms. The van der Waals surface area contributed by atoms with E-state index in [1.54, 1.807) is 0 Å². The molecule has 1 aliphatic rings. The third-order valence-corrected chi connectivity index (χ3v) is 3.48. The van der Waals surface area contributed by atoms with E-state index in [2.05, 4.69) is 36.1 Å². The van der Waals surface area contributed by atoms with Crippen LogP contribution in [0.4, 0.5) is 5.82 Å². The summed E-state index contributed by atoms with van der Waals surface area (Å²) in [6, 6.07) is 0. The minimum atomic E-state index is 0.670. The van der Waals surface area contributed by atoms with E-state index in [0.717, 1.165) is 45.1 Å². The van der Waals surface area contributed by atoms with Crippen molar-refractivity contribution < 1.29 is 4.74 Å². The van der Waals surface area contributed by atoms with Crippen LogP contribution in [0, 0.1) is 12.8 Å². The van der Waals surface area contributed by atoms with E-state index < -0.39 is 0 Å². The molecule has 2 heterocycles. The van der Waals surface area contributed by atoms with Gasteiger partial charge in [0.25, 0.3) is 0 Å². The number of aryl methyl sites for hydroxylation is 2. The van der Waals surface area contributed by atoms with Crippen LogP contribution in [0.5, 0.6) is 0 Å². The smallest absolute Gasteiger partial charge is 0.131 e. The lowest BCUT2D eigenvalue weighted by molar-refractivity contribution is 0.122. The van der Waals surface area contributed by atoms with E-state index in [-0.39, 0.29) is 0 Å². The summed E-state index contributed by atoms with van der Waals surface area (Å²) in [5, 5.41) is 8.10. The predicted molar refractivity (Wildman–Crippen MR) is 77.5 cm³/mol. The molecule has 108 valence electrons. The van der Waals surface area contributed by atoms with Crippen molar-refractivity contribution in [3.05, 3.63) is 11.3 Å². The Bertz CT molecular complexity index is 408. The molecule has 1 N–H and O–H groups in total. The van der Waals surface area contributed by atoms with Gasteiger partial charge in [0.05, 0.1) is 18.9 Å². The second-order valence-corrected chi connectivity index (χ2v) is 5.64. The number of ether oxygens (including phenoxy) is 1. The molecular weight excluding hydrogens is 240 g/mol. The van der Waals surface area contributed by atoms with Crippen molar-refractivity contribution in [2.75, 3.05) is 37.7 Å². The van der Waals surface area contributed by atoms with Gasteiger partial charge in [0.2, 0.25) is 0 Å². The van der Waals surface area contributed by atoms with Crippen LogP contribution in [0.3, 0.4) is 0 Å².